The Balaban J connectivity index is 1.56. The third kappa shape index (κ3) is 4.92. The van der Waals surface area contributed by atoms with E-state index in [-0.39, 0.29) is 30.2 Å². The Labute approximate surface area is 164 Å². The normalized spacial score (nSPS) is 10.4. The Morgan fingerprint density at radius 2 is 1.68 bits per heavy atom. The fourth-order valence-electron chi connectivity index (χ4n) is 2.32. The summed E-state index contributed by atoms with van der Waals surface area (Å²) in [6.07, 6.45) is 0. The molecular weight excluding hydrogens is 385 g/mol. The monoisotopic (exact) mass is 401 g/mol. The van der Waals surface area contributed by atoms with Crippen LogP contribution in [0.3, 0.4) is 0 Å². The molecule has 3 aromatic rings. The van der Waals surface area contributed by atoms with Gasteiger partial charge in [-0.1, -0.05) is 12.1 Å². The molecule has 0 N–H and O–H groups in total. The van der Waals surface area contributed by atoms with Crippen LogP contribution < -0.4 is 4.74 Å². The second-order valence-electron chi connectivity index (χ2n) is 5.59. The van der Waals surface area contributed by atoms with Crippen LogP contribution in [0.15, 0.2) is 53.9 Å². The summed E-state index contributed by atoms with van der Waals surface area (Å²) in [6.45, 7) is 0.177. The Morgan fingerprint density at radius 1 is 1.00 bits per heavy atom. The lowest BCUT2D eigenvalue weighted by molar-refractivity contribution is 0.0453. The van der Waals surface area contributed by atoms with Crippen molar-refractivity contribution in [3.63, 3.8) is 0 Å². The summed E-state index contributed by atoms with van der Waals surface area (Å²) in [4.78, 5) is 28.4. The molecule has 0 atom stereocenters. The van der Waals surface area contributed by atoms with E-state index in [1.54, 1.807) is 17.5 Å². The fourth-order valence-corrected chi connectivity index (χ4v) is 3.01. The topological polar surface area (TPSA) is 74.7 Å². The maximum atomic E-state index is 12.9. The Hall–Kier alpha value is -3.26. The van der Waals surface area contributed by atoms with Gasteiger partial charge in [0.05, 0.1) is 23.9 Å². The number of aromatic nitrogens is 1. The zero-order valence-electron chi connectivity index (χ0n) is 14.9. The number of hydrogen-bond acceptors (Lipinski definition) is 7. The van der Waals surface area contributed by atoms with Crippen molar-refractivity contribution >= 4 is 23.3 Å². The van der Waals surface area contributed by atoms with Gasteiger partial charge in [0.25, 0.3) is 0 Å². The second kappa shape index (κ2) is 9.09. The van der Waals surface area contributed by atoms with Crippen molar-refractivity contribution in [3.8, 4) is 5.75 Å². The van der Waals surface area contributed by atoms with Crippen LogP contribution in [0, 0.1) is 5.82 Å². The van der Waals surface area contributed by atoms with Crippen LogP contribution in [0.2, 0.25) is 0 Å². The van der Waals surface area contributed by atoms with Crippen molar-refractivity contribution in [1.82, 2.24) is 4.98 Å². The summed E-state index contributed by atoms with van der Waals surface area (Å²) >= 11 is 1.36. The maximum Gasteiger partial charge on any atom is 0.339 e. The molecular formula is C20H16FNO5S. The van der Waals surface area contributed by atoms with Gasteiger partial charge < -0.3 is 14.2 Å². The third-order valence-electron chi connectivity index (χ3n) is 3.68. The first-order valence-corrected chi connectivity index (χ1v) is 9.11. The van der Waals surface area contributed by atoms with Crippen molar-refractivity contribution in [2.24, 2.45) is 0 Å². The molecule has 1 heterocycles. The van der Waals surface area contributed by atoms with Gasteiger partial charge in [0.1, 0.15) is 29.8 Å². The van der Waals surface area contributed by atoms with Crippen LogP contribution in [0.25, 0.3) is 0 Å². The van der Waals surface area contributed by atoms with Crippen molar-refractivity contribution in [2.75, 3.05) is 7.11 Å². The number of carbonyl (C=O) groups excluding carboxylic acids is 2. The van der Waals surface area contributed by atoms with Crippen LogP contribution in [-0.4, -0.2) is 24.0 Å². The van der Waals surface area contributed by atoms with E-state index in [0.717, 1.165) is 0 Å². The van der Waals surface area contributed by atoms with Gasteiger partial charge in [-0.2, -0.15) is 0 Å². The zero-order valence-corrected chi connectivity index (χ0v) is 15.7. The van der Waals surface area contributed by atoms with E-state index in [2.05, 4.69) is 9.72 Å². The van der Waals surface area contributed by atoms with E-state index in [0.29, 0.717) is 16.5 Å². The molecule has 6 nitrogen and oxygen atoms in total. The van der Waals surface area contributed by atoms with Gasteiger partial charge in [0.2, 0.25) is 0 Å². The van der Waals surface area contributed by atoms with Gasteiger partial charge in [-0.3, -0.25) is 0 Å². The maximum absolute atomic E-state index is 12.9. The van der Waals surface area contributed by atoms with E-state index >= 15 is 0 Å². The highest BCUT2D eigenvalue weighted by Gasteiger charge is 2.18. The predicted octanol–water partition coefficient (Wildman–Crippen LogP) is 4.00. The standard InChI is InChI=1S/C20H16FNO5S/c1-25-19(23)16-4-2-3-5-17(16)20(24)27-10-14-12-28-18(22-14)11-26-15-8-6-13(21)7-9-15/h2-9,12H,10-11H2,1H3. The zero-order chi connectivity index (χ0) is 19.9. The summed E-state index contributed by atoms with van der Waals surface area (Å²) < 4.78 is 28.3. The number of esters is 2. The number of rotatable bonds is 7. The van der Waals surface area contributed by atoms with Crippen molar-refractivity contribution in [1.29, 1.82) is 0 Å². The molecule has 2 aromatic carbocycles. The highest BCUT2D eigenvalue weighted by Crippen LogP contribution is 2.17. The SMILES string of the molecule is COC(=O)c1ccccc1C(=O)OCc1csc(COc2ccc(F)cc2)n1. The molecule has 0 fully saturated rings. The van der Waals surface area contributed by atoms with E-state index in [9.17, 15) is 14.0 Å². The highest BCUT2D eigenvalue weighted by molar-refractivity contribution is 7.09. The molecule has 1 aromatic heterocycles. The quantitative estimate of drug-likeness (QED) is 0.557. The van der Waals surface area contributed by atoms with E-state index in [1.807, 2.05) is 0 Å². The summed E-state index contributed by atoms with van der Waals surface area (Å²) in [5.41, 5.74) is 0.831. The van der Waals surface area contributed by atoms with Crippen LogP contribution in [0.4, 0.5) is 4.39 Å². The average molecular weight is 401 g/mol. The van der Waals surface area contributed by atoms with Crippen LogP contribution in [0.1, 0.15) is 31.4 Å². The number of thiazole rings is 1. The Kier molecular flexibility index (Phi) is 6.33. The first-order chi connectivity index (χ1) is 13.6. The van der Waals surface area contributed by atoms with E-state index in [1.165, 1.54) is 54.8 Å². The molecule has 28 heavy (non-hydrogen) atoms. The smallest absolute Gasteiger partial charge is 0.339 e. The van der Waals surface area contributed by atoms with E-state index in [4.69, 9.17) is 9.47 Å². The summed E-state index contributed by atoms with van der Waals surface area (Å²) in [5.74, 6) is -1.05. The molecule has 0 amide bonds. The summed E-state index contributed by atoms with van der Waals surface area (Å²) in [7, 11) is 1.25. The first-order valence-electron chi connectivity index (χ1n) is 8.23. The molecule has 8 heteroatoms. The number of carbonyl (C=O) groups is 2. The average Bonchev–Trinajstić information content (AvgIpc) is 3.19. The number of benzene rings is 2. The molecule has 144 valence electrons. The summed E-state index contributed by atoms with van der Waals surface area (Å²) in [6, 6.07) is 12.0. The minimum Gasteiger partial charge on any atom is -0.486 e. The highest BCUT2D eigenvalue weighted by atomic mass is 32.1. The molecule has 0 saturated carbocycles. The van der Waals surface area contributed by atoms with Crippen LogP contribution >= 0.6 is 11.3 Å². The molecule has 0 unspecified atom stereocenters. The van der Waals surface area contributed by atoms with Gasteiger partial charge in [-0.25, -0.2) is 19.0 Å². The Bertz CT molecular complexity index is 971. The first kappa shape index (κ1) is 19.5. The number of methoxy groups -OCH3 is 1. The molecule has 0 aliphatic rings. The molecule has 3 rings (SSSR count). The Morgan fingerprint density at radius 3 is 2.36 bits per heavy atom. The number of nitrogens with zero attached hydrogens (tertiary/aromatic N) is 1. The minimum atomic E-state index is -0.641. The fraction of sp³-hybridized carbons (Fsp3) is 0.150. The largest absolute Gasteiger partial charge is 0.486 e. The lowest BCUT2D eigenvalue weighted by Gasteiger charge is -2.07. The molecule has 0 aliphatic carbocycles. The molecule has 0 aliphatic heterocycles. The molecule has 0 spiro atoms. The van der Waals surface area contributed by atoms with E-state index < -0.39 is 11.9 Å². The van der Waals surface area contributed by atoms with Crippen molar-refractivity contribution in [3.05, 3.63) is 81.6 Å². The van der Waals surface area contributed by atoms with Gasteiger partial charge >= 0.3 is 11.9 Å². The van der Waals surface area contributed by atoms with Gasteiger partial charge in [-0.15, -0.1) is 11.3 Å². The molecule has 0 bridgehead atoms. The molecule has 0 radical (unpaired) electrons. The van der Waals surface area contributed by atoms with Crippen molar-refractivity contribution < 1.29 is 28.2 Å². The van der Waals surface area contributed by atoms with Crippen LogP contribution in [0.5, 0.6) is 5.75 Å². The van der Waals surface area contributed by atoms with Gasteiger partial charge in [-0.05, 0) is 36.4 Å². The number of ether oxygens (including phenoxy) is 3. The van der Waals surface area contributed by atoms with Gasteiger partial charge in [0.15, 0.2) is 0 Å². The lowest BCUT2D eigenvalue weighted by atomic mass is 10.1. The predicted molar refractivity (Wildman–Crippen MR) is 99.7 cm³/mol. The third-order valence-corrected chi connectivity index (χ3v) is 4.55. The minimum absolute atomic E-state index is 0.0403. The summed E-state index contributed by atoms with van der Waals surface area (Å²) in [5, 5.41) is 2.44. The molecule has 0 saturated heterocycles. The van der Waals surface area contributed by atoms with Gasteiger partial charge in [0, 0.05) is 5.38 Å². The number of hydrogen-bond donors (Lipinski definition) is 0. The second-order valence-corrected chi connectivity index (χ2v) is 6.53. The van der Waals surface area contributed by atoms with Crippen LogP contribution in [-0.2, 0) is 22.7 Å². The lowest BCUT2D eigenvalue weighted by Crippen LogP contribution is -2.13. The van der Waals surface area contributed by atoms with Crippen molar-refractivity contribution in [2.45, 2.75) is 13.2 Å². The number of halogens is 1.